The predicted molar refractivity (Wildman–Crippen MR) is 84.1 cm³/mol. The van der Waals surface area contributed by atoms with Crippen molar-refractivity contribution in [3.8, 4) is 29.5 Å². The minimum absolute atomic E-state index is 0.185. The Bertz CT molecular complexity index is 1140. The fourth-order valence-electron chi connectivity index (χ4n) is 2.08. The maximum Gasteiger partial charge on any atom is 0.442 e. The zero-order valence-electron chi connectivity index (χ0n) is 12.6. The molecule has 0 amide bonds. The van der Waals surface area contributed by atoms with E-state index in [9.17, 15) is 18.0 Å². The normalized spacial score (nSPS) is 11.2. The lowest BCUT2D eigenvalue weighted by Crippen LogP contribution is -2.15. The summed E-state index contributed by atoms with van der Waals surface area (Å²) in [5.41, 5.74) is -1.88. The molecule has 0 unspecified atom stereocenters. The molecule has 136 valence electrons. The molecule has 3 rings (SSSR count). The first-order chi connectivity index (χ1) is 12.7. The number of benzene rings is 1. The van der Waals surface area contributed by atoms with E-state index in [2.05, 4.69) is 15.1 Å². The number of aromatic nitrogens is 4. The van der Waals surface area contributed by atoms with Crippen LogP contribution in [0, 0.1) is 22.7 Å². The molecule has 0 saturated heterocycles. The van der Waals surface area contributed by atoms with Crippen molar-refractivity contribution in [1.82, 2.24) is 19.7 Å². The first-order valence-corrected chi connectivity index (χ1v) is 7.48. The second-order valence-electron chi connectivity index (χ2n) is 4.90. The molecule has 0 aliphatic carbocycles. The molecule has 0 radical (unpaired) electrons. The number of nitrogens with one attached hydrogen (secondary N) is 1. The average molecular weight is 415 g/mol. The number of imidazole rings is 1. The smallest absolute Gasteiger partial charge is 0.384 e. The van der Waals surface area contributed by atoms with Gasteiger partial charge >= 0.3 is 11.9 Å². The lowest BCUT2D eigenvalue weighted by atomic mass is 10.2. The number of nitriles is 2. The summed E-state index contributed by atoms with van der Waals surface area (Å²) in [6.07, 6.45) is -4.69. The zero-order valence-corrected chi connectivity index (χ0v) is 14.1. The Hall–Kier alpha value is -3.28. The van der Waals surface area contributed by atoms with Gasteiger partial charge in [-0.2, -0.15) is 28.4 Å². The molecule has 0 atom stereocenters. The Morgan fingerprint density at radius 2 is 1.81 bits per heavy atom. The molecule has 27 heavy (non-hydrogen) atoms. The van der Waals surface area contributed by atoms with Gasteiger partial charge in [-0.1, -0.05) is 23.2 Å². The van der Waals surface area contributed by atoms with Crippen molar-refractivity contribution < 1.29 is 17.6 Å². The Morgan fingerprint density at radius 1 is 1.19 bits per heavy atom. The molecule has 1 aromatic carbocycles. The summed E-state index contributed by atoms with van der Waals surface area (Å²) in [6, 6.07) is 4.51. The van der Waals surface area contributed by atoms with Gasteiger partial charge in [0.2, 0.25) is 0 Å². The molecular formula is C14H3Cl2F3N6O2. The number of aromatic amines is 1. The quantitative estimate of drug-likeness (QED) is 0.685. The summed E-state index contributed by atoms with van der Waals surface area (Å²) >= 11 is 11.7. The maximum atomic E-state index is 12.8. The standard InChI is InChI=1S/C14H3Cl2F3N6O2/c15-6-1-5(14(17,18)19)2-7(16)10(6)25-13(26)27-12(24-25)11-22-8(3-20)9(4-21)23-11/h1-2H,(H,22,23). The second-order valence-corrected chi connectivity index (χ2v) is 5.72. The van der Waals surface area contributed by atoms with E-state index >= 15 is 0 Å². The number of hydrogen-bond donors (Lipinski definition) is 1. The van der Waals surface area contributed by atoms with Crippen molar-refractivity contribution in [2.75, 3.05) is 0 Å². The molecule has 0 aliphatic rings. The van der Waals surface area contributed by atoms with Crippen LogP contribution in [0.5, 0.6) is 0 Å². The topological polar surface area (TPSA) is 124 Å². The molecule has 8 nitrogen and oxygen atoms in total. The highest BCUT2D eigenvalue weighted by Gasteiger charge is 2.32. The Kier molecular flexibility index (Phi) is 4.43. The lowest BCUT2D eigenvalue weighted by molar-refractivity contribution is -0.137. The summed E-state index contributed by atoms with van der Waals surface area (Å²) in [4.78, 5) is 18.2. The fraction of sp³-hybridized carbons (Fsp3) is 0.0714. The molecule has 2 heterocycles. The number of alkyl halides is 3. The van der Waals surface area contributed by atoms with E-state index < -0.39 is 33.4 Å². The SMILES string of the molecule is N#Cc1nc(-c2nn(-c3c(Cl)cc(C(F)(F)F)cc3Cl)c(=O)o2)[nH]c1C#N. The number of halogens is 5. The third-order valence-corrected chi connectivity index (χ3v) is 3.80. The van der Waals surface area contributed by atoms with Crippen LogP contribution in [0.15, 0.2) is 21.3 Å². The van der Waals surface area contributed by atoms with Gasteiger partial charge in [0, 0.05) is 0 Å². The lowest BCUT2D eigenvalue weighted by Gasteiger charge is -2.11. The third kappa shape index (κ3) is 3.26. The van der Waals surface area contributed by atoms with E-state index in [4.69, 9.17) is 38.1 Å². The molecule has 1 N–H and O–H groups in total. The average Bonchev–Trinajstić information content (AvgIpc) is 3.17. The van der Waals surface area contributed by atoms with Crippen LogP contribution in [0.3, 0.4) is 0 Å². The van der Waals surface area contributed by atoms with Crippen LogP contribution in [0.2, 0.25) is 10.0 Å². The minimum Gasteiger partial charge on any atom is -0.384 e. The number of hydrogen-bond acceptors (Lipinski definition) is 6. The first-order valence-electron chi connectivity index (χ1n) is 6.73. The Balaban J connectivity index is 2.14. The monoisotopic (exact) mass is 414 g/mol. The van der Waals surface area contributed by atoms with Gasteiger partial charge in [0.05, 0.1) is 15.6 Å². The van der Waals surface area contributed by atoms with Crippen molar-refractivity contribution in [2.24, 2.45) is 0 Å². The Morgan fingerprint density at radius 3 is 2.30 bits per heavy atom. The van der Waals surface area contributed by atoms with Crippen LogP contribution < -0.4 is 5.76 Å². The molecule has 0 bridgehead atoms. The van der Waals surface area contributed by atoms with Gasteiger partial charge in [-0.05, 0) is 12.1 Å². The van der Waals surface area contributed by atoms with Crippen LogP contribution in [-0.4, -0.2) is 19.7 Å². The molecule has 13 heteroatoms. The minimum atomic E-state index is -4.69. The van der Waals surface area contributed by atoms with Gasteiger partial charge in [0.25, 0.3) is 5.89 Å². The van der Waals surface area contributed by atoms with Crippen LogP contribution in [0.4, 0.5) is 13.2 Å². The van der Waals surface area contributed by atoms with Crippen molar-refractivity contribution in [3.05, 3.63) is 49.7 Å². The van der Waals surface area contributed by atoms with E-state index in [1.54, 1.807) is 12.1 Å². The fourth-order valence-corrected chi connectivity index (χ4v) is 2.73. The van der Waals surface area contributed by atoms with Crippen molar-refractivity contribution in [1.29, 1.82) is 10.5 Å². The van der Waals surface area contributed by atoms with Crippen LogP contribution in [0.25, 0.3) is 17.4 Å². The molecule has 0 saturated carbocycles. The zero-order chi connectivity index (χ0) is 19.9. The molecule has 0 fully saturated rings. The largest absolute Gasteiger partial charge is 0.442 e. The van der Waals surface area contributed by atoms with E-state index in [0.29, 0.717) is 16.8 Å². The van der Waals surface area contributed by atoms with Crippen LogP contribution in [-0.2, 0) is 6.18 Å². The molecular weight excluding hydrogens is 412 g/mol. The molecule has 0 spiro atoms. The first kappa shape index (κ1) is 18.5. The van der Waals surface area contributed by atoms with Gasteiger partial charge < -0.3 is 9.40 Å². The maximum absolute atomic E-state index is 12.8. The van der Waals surface area contributed by atoms with Gasteiger partial charge in [0.1, 0.15) is 17.8 Å². The van der Waals surface area contributed by atoms with Gasteiger partial charge in [-0.25, -0.2) is 9.78 Å². The molecule has 0 aliphatic heterocycles. The summed E-state index contributed by atoms with van der Waals surface area (Å²) in [5, 5.41) is 20.6. The third-order valence-electron chi connectivity index (χ3n) is 3.23. The van der Waals surface area contributed by atoms with Crippen molar-refractivity contribution in [3.63, 3.8) is 0 Å². The number of nitrogens with zero attached hydrogens (tertiary/aromatic N) is 5. The van der Waals surface area contributed by atoms with Gasteiger partial charge in [-0.15, -0.1) is 5.10 Å². The highest BCUT2D eigenvalue weighted by molar-refractivity contribution is 6.37. The van der Waals surface area contributed by atoms with Crippen molar-refractivity contribution >= 4 is 23.2 Å². The summed E-state index contributed by atoms with van der Waals surface area (Å²) < 4.78 is 43.8. The Labute approximate surface area is 157 Å². The highest BCUT2D eigenvalue weighted by Crippen LogP contribution is 2.37. The highest BCUT2D eigenvalue weighted by atomic mass is 35.5. The van der Waals surface area contributed by atoms with E-state index in [-0.39, 0.29) is 22.9 Å². The number of rotatable bonds is 2. The van der Waals surface area contributed by atoms with Crippen LogP contribution >= 0.6 is 23.2 Å². The van der Waals surface area contributed by atoms with E-state index in [0.717, 1.165) is 0 Å². The summed E-state index contributed by atoms with van der Waals surface area (Å²) in [7, 11) is 0. The van der Waals surface area contributed by atoms with Gasteiger partial charge in [0.15, 0.2) is 17.2 Å². The second kappa shape index (κ2) is 6.46. The summed E-state index contributed by atoms with van der Waals surface area (Å²) in [6.45, 7) is 0. The van der Waals surface area contributed by atoms with Crippen LogP contribution in [0.1, 0.15) is 17.0 Å². The molecule has 2 aromatic heterocycles. The van der Waals surface area contributed by atoms with Gasteiger partial charge in [-0.3, -0.25) is 0 Å². The van der Waals surface area contributed by atoms with E-state index in [1.165, 1.54) is 0 Å². The number of H-pyrrole nitrogens is 1. The predicted octanol–water partition coefficient (Wildman–Crippen LogP) is 3.28. The molecule has 3 aromatic rings. The van der Waals surface area contributed by atoms with Crippen molar-refractivity contribution in [2.45, 2.75) is 6.18 Å². The van der Waals surface area contributed by atoms with E-state index in [1.807, 2.05) is 0 Å². The summed E-state index contributed by atoms with van der Waals surface area (Å²) in [5.74, 6) is -1.76.